The smallest absolute Gasteiger partial charge is 0.300 e. The van der Waals surface area contributed by atoms with Gasteiger partial charge in [-0.05, 0) is 130 Å². The van der Waals surface area contributed by atoms with E-state index in [1.165, 1.54) is 51.5 Å². The Kier molecular flexibility index (Phi) is 20.2. The van der Waals surface area contributed by atoms with Crippen molar-refractivity contribution in [2.75, 3.05) is 0 Å². The first-order chi connectivity index (χ1) is 24.2. The summed E-state index contributed by atoms with van der Waals surface area (Å²) in [5, 5.41) is 30.8. The van der Waals surface area contributed by atoms with Gasteiger partial charge in [0.15, 0.2) is 0 Å². The van der Waals surface area contributed by atoms with Gasteiger partial charge in [0.2, 0.25) is 0 Å². The predicted octanol–water partition coefficient (Wildman–Crippen LogP) is 15.6. The van der Waals surface area contributed by atoms with E-state index in [0.29, 0.717) is 0 Å². The summed E-state index contributed by atoms with van der Waals surface area (Å²) in [6.07, 6.45) is 8.17. The van der Waals surface area contributed by atoms with Crippen LogP contribution in [0.4, 0.5) is 0 Å². The SMILES string of the molecule is C/C=C(/CC)c1ccsc1-c1cccs1.C/C=C(\CC)c1ccsc1-c1cccs1.CC(=O)O.CCC(O)(CC)c1ccsc1-c1cccs1.Cl. The largest absolute Gasteiger partial charge is 0.481 e. The Morgan fingerprint density at radius 2 is 0.961 bits per heavy atom. The maximum absolute atomic E-state index is 10.6. The van der Waals surface area contributed by atoms with Crippen LogP contribution in [-0.2, 0) is 10.4 Å². The zero-order chi connectivity index (χ0) is 36.5. The molecule has 0 aliphatic rings. The fourth-order valence-electron chi connectivity index (χ4n) is 5.33. The maximum atomic E-state index is 10.6. The lowest BCUT2D eigenvalue weighted by Gasteiger charge is -2.25. The minimum absolute atomic E-state index is 0. The molecule has 274 valence electrons. The highest BCUT2D eigenvalue weighted by Gasteiger charge is 2.29. The minimum Gasteiger partial charge on any atom is -0.481 e. The van der Waals surface area contributed by atoms with Gasteiger partial charge in [0.05, 0.1) is 20.2 Å². The summed E-state index contributed by atoms with van der Waals surface area (Å²) in [7, 11) is 0. The number of halogens is 1. The molecule has 0 unspecified atom stereocenters. The van der Waals surface area contributed by atoms with Crippen LogP contribution in [0.15, 0.2) is 99.0 Å². The van der Waals surface area contributed by atoms with Crippen molar-refractivity contribution in [1.29, 1.82) is 0 Å². The molecule has 51 heavy (non-hydrogen) atoms. The lowest BCUT2D eigenvalue weighted by atomic mass is 9.89. The number of carboxylic acids is 1. The molecule has 0 aromatic carbocycles. The molecule has 0 radical (unpaired) electrons. The second-order valence-electron chi connectivity index (χ2n) is 11.0. The quantitative estimate of drug-likeness (QED) is 0.145. The third kappa shape index (κ3) is 12.5. The summed E-state index contributed by atoms with van der Waals surface area (Å²) in [4.78, 5) is 17.1. The van der Waals surface area contributed by atoms with Crippen molar-refractivity contribution in [2.45, 2.75) is 79.8 Å². The van der Waals surface area contributed by atoms with Gasteiger partial charge in [0.1, 0.15) is 0 Å². The highest BCUT2D eigenvalue weighted by Crippen LogP contribution is 2.42. The average molecular weight is 818 g/mol. The molecule has 6 aromatic heterocycles. The molecule has 2 N–H and O–H groups in total. The molecule has 10 heteroatoms. The van der Waals surface area contributed by atoms with Crippen molar-refractivity contribution < 1.29 is 15.0 Å². The Balaban J connectivity index is 0.000000249. The van der Waals surface area contributed by atoms with Gasteiger partial charge in [0.25, 0.3) is 5.97 Å². The normalized spacial score (nSPS) is 11.3. The predicted molar refractivity (Wildman–Crippen MR) is 236 cm³/mol. The van der Waals surface area contributed by atoms with Crippen molar-refractivity contribution >= 4 is 97.5 Å². The monoisotopic (exact) mass is 816 g/mol. The lowest BCUT2D eigenvalue weighted by Crippen LogP contribution is -2.23. The van der Waals surface area contributed by atoms with Crippen LogP contribution in [0.5, 0.6) is 0 Å². The highest BCUT2D eigenvalue weighted by molar-refractivity contribution is 7.21. The van der Waals surface area contributed by atoms with Crippen molar-refractivity contribution in [3.8, 4) is 29.3 Å². The van der Waals surface area contributed by atoms with Crippen LogP contribution in [0, 0.1) is 0 Å². The Labute approximate surface area is 334 Å². The summed E-state index contributed by atoms with van der Waals surface area (Å²) in [6, 6.07) is 19.3. The van der Waals surface area contributed by atoms with Gasteiger partial charge in [-0.2, -0.15) is 0 Å². The van der Waals surface area contributed by atoms with E-state index in [0.717, 1.165) is 38.2 Å². The molecule has 0 spiro atoms. The number of rotatable bonds is 10. The number of hydrogen-bond donors (Lipinski definition) is 2. The Hall–Kier alpha value is -2.60. The lowest BCUT2D eigenvalue weighted by molar-refractivity contribution is -0.134. The van der Waals surface area contributed by atoms with Gasteiger partial charge in [-0.15, -0.1) is 80.4 Å². The van der Waals surface area contributed by atoms with Crippen LogP contribution < -0.4 is 0 Å². The van der Waals surface area contributed by atoms with Crippen LogP contribution in [-0.4, -0.2) is 16.2 Å². The number of carboxylic acid groups (broad SMARTS) is 1. The Morgan fingerprint density at radius 3 is 1.27 bits per heavy atom. The highest BCUT2D eigenvalue weighted by atomic mass is 35.5. The zero-order valence-corrected chi connectivity index (χ0v) is 36.0. The summed E-state index contributed by atoms with van der Waals surface area (Å²) in [5.74, 6) is -0.833. The molecule has 0 aliphatic heterocycles. The number of thiophene rings is 6. The summed E-state index contributed by atoms with van der Waals surface area (Å²) >= 11 is 10.8. The van der Waals surface area contributed by atoms with Gasteiger partial charge < -0.3 is 10.2 Å². The van der Waals surface area contributed by atoms with Crippen molar-refractivity contribution in [3.05, 3.63) is 116 Å². The first kappa shape index (κ1) is 44.6. The second-order valence-corrected chi connectivity index (χ2v) is 16.6. The van der Waals surface area contributed by atoms with Gasteiger partial charge in [-0.3, -0.25) is 4.79 Å². The van der Waals surface area contributed by atoms with E-state index < -0.39 is 11.6 Å². The van der Waals surface area contributed by atoms with E-state index >= 15 is 0 Å². The van der Waals surface area contributed by atoms with Crippen LogP contribution in [0.3, 0.4) is 0 Å². The van der Waals surface area contributed by atoms with Crippen LogP contribution in [0.25, 0.3) is 40.4 Å². The molecule has 0 bridgehead atoms. The fourth-order valence-corrected chi connectivity index (χ4v) is 10.8. The fraction of sp³-hybridized carbons (Fsp3) is 0.293. The van der Waals surface area contributed by atoms with E-state index in [1.54, 1.807) is 22.7 Å². The Bertz CT molecular complexity index is 1770. The number of hydrogen-bond acceptors (Lipinski definition) is 8. The number of aliphatic hydroxyl groups is 1. The van der Waals surface area contributed by atoms with Crippen LogP contribution in [0.2, 0.25) is 0 Å². The molecular weight excluding hydrogens is 768 g/mol. The third-order valence-electron chi connectivity index (χ3n) is 8.05. The number of allylic oxidation sites excluding steroid dienone is 4. The molecule has 0 amide bonds. The molecule has 6 aromatic rings. The molecule has 0 fully saturated rings. The summed E-state index contributed by atoms with van der Waals surface area (Å²) in [6.45, 7) is 13.8. The summed E-state index contributed by atoms with van der Waals surface area (Å²) < 4.78 is 0. The zero-order valence-electron chi connectivity index (χ0n) is 30.3. The topological polar surface area (TPSA) is 57.5 Å². The van der Waals surface area contributed by atoms with Gasteiger partial charge in [-0.25, -0.2) is 0 Å². The molecule has 3 nitrogen and oxygen atoms in total. The molecule has 0 saturated carbocycles. The molecule has 0 saturated heterocycles. The molecule has 0 aliphatic carbocycles. The van der Waals surface area contributed by atoms with E-state index in [-0.39, 0.29) is 12.4 Å². The number of carbonyl (C=O) groups is 1. The van der Waals surface area contributed by atoms with E-state index in [2.05, 4.69) is 127 Å². The van der Waals surface area contributed by atoms with Crippen molar-refractivity contribution in [2.24, 2.45) is 0 Å². The van der Waals surface area contributed by atoms with Gasteiger partial charge in [0, 0.05) is 27.1 Å². The van der Waals surface area contributed by atoms with Gasteiger partial charge in [-0.1, -0.05) is 58.0 Å². The first-order valence-corrected chi connectivity index (χ1v) is 22.0. The van der Waals surface area contributed by atoms with E-state index in [9.17, 15) is 5.11 Å². The molecule has 0 atom stereocenters. The van der Waals surface area contributed by atoms with Crippen molar-refractivity contribution in [1.82, 2.24) is 0 Å². The Morgan fingerprint density at radius 1 is 0.608 bits per heavy atom. The first-order valence-electron chi connectivity index (χ1n) is 16.7. The van der Waals surface area contributed by atoms with E-state index in [4.69, 9.17) is 9.90 Å². The van der Waals surface area contributed by atoms with Crippen molar-refractivity contribution in [3.63, 3.8) is 0 Å². The molecule has 6 rings (SSSR count). The number of aliphatic carboxylic acids is 1. The summed E-state index contributed by atoms with van der Waals surface area (Å²) in [5.41, 5.74) is 6.13. The minimum atomic E-state index is -0.833. The maximum Gasteiger partial charge on any atom is 0.300 e. The average Bonchev–Trinajstić information content (AvgIpc) is 3.97. The molecule has 6 heterocycles. The standard InChI is InChI=1S/C13H16OS2.2C13H14S2.C2H4O2.ClH/c1-3-13(14,4-2)10-7-9-16-12(10)11-6-5-8-15-11;2*1-3-10(4-2)11-7-9-15-13(11)12-6-5-8-14-12;1-2(3)4;/h5-9,14H,3-4H2,1-2H3;2*3,5-9H,4H2,1-2H3;1H3,(H,3,4);1H/b;10-3+;10-3-;;. The third-order valence-corrected chi connectivity index (χ3v) is 13.9. The van der Waals surface area contributed by atoms with Crippen LogP contribution >= 0.6 is 80.4 Å². The second kappa shape index (κ2) is 23.1. The van der Waals surface area contributed by atoms with E-state index in [1.807, 2.05) is 59.2 Å². The van der Waals surface area contributed by atoms with Gasteiger partial charge >= 0.3 is 0 Å². The van der Waals surface area contributed by atoms with Crippen LogP contribution in [0.1, 0.15) is 90.8 Å². The molecular formula is C41H49ClO3S6.